The number of H-pyrrole nitrogens is 2. The van der Waals surface area contributed by atoms with E-state index in [0.29, 0.717) is 30.8 Å². The molecule has 0 amide bonds. The Hall–Kier alpha value is -2.37. The molecular weight excluding hydrogens is 249 g/mol. The molecule has 2 aromatic rings. The van der Waals surface area contributed by atoms with Gasteiger partial charge < -0.3 is 9.88 Å². The zero-order valence-electron chi connectivity index (χ0n) is 10.1. The van der Waals surface area contributed by atoms with Crippen LogP contribution in [0.5, 0.6) is 0 Å². The molecule has 0 saturated carbocycles. The van der Waals surface area contributed by atoms with E-state index in [9.17, 15) is 14.0 Å². The Kier molecular flexibility index (Phi) is 2.70. The third kappa shape index (κ3) is 2.16. The molecule has 2 N–H and O–H groups in total. The van der Waals surface area contributed by atoms with Crippen molar-refractivity contribution < 1.29 is 4.39 Å². The fourth-order valence-electron chi connectivity index (χ4n) is 2.35. The topological polar surface area (TPSA) is 69.0 Å². The predicted molar refractivity (Wildman–Crippen MR) is 68.8 cm³/mol. The zero-order valence-corrected chi connectivity index (χ0v) is 10.1. The van der Waals surface area contributed by atoms with Crippen LogP contribution in [0.2, 0.25) is 0 Å². The Morgan fingerprint density at radius 1 is 1.21 bits per heavy atom. The normalized spacial score (nSPS) is 14.3. The second kappa shape index (κ2) is 4.38. The van der Waals surface area contributed by atoms with Crippen molar-refractivity contribution in [2.45, 2.75) is 13.0 Å². The average molecular weight is 261 g/mol. The molecule has 0 bridgehead atoms. The lowest BCUT2D eigenvalue weighted by molar-refractivity contribution is 0.624. The Bertz CT molecular complexity index is 735. The molecule has 0 radical (unpaired) electrons. The SMILES string of the molecule is O=c1[nH]c2c(c(=O)[nH]1)CN(c1cccc(F)c1)CC2. The van der Waals surface area contributed by atoms with Crippen molar-refractivity contribution in [2.24, 2.45) is 0 Å². The van der Waals surface area contributed by atoms with Crippen LogP contribution in [0.15, 0.2) is 33.9 Å². The molecule has 0 spiro atoms. The number of aromatic amines is 2. The Morgan fingerprint density at radius 3 is 2.84 bits per heavy atom. The number of hydrogen-bond acceptors (Lipinski definition) is 3. The number of nitrogens with one attached hydrogen (secondary N) is 2. The summed E-state index contributed by atoms with van der Waals surface area (Å²) in [4.78, 5) is 29.7. The van der Waals surface area contributed by atoms with Crippen LogP contribution in [0, 0.1) is 5.82 Å². The van der Waals surface area contributed by atoms with Crippen molar-refractivity contribution in [3.05, 3.63) is 62.2 Å². The first-order chi connectivity index (χ1) is 9.13. The van der Waals surface area contributed by atoms with E-state index in [2.05, 4.69) is 9.97 Å². The highest BCUT2D eigenvalue weighted by Gasteiger charge is 2.20. The molecule has 3 rings (SSSR count). The Balaban J connectivity index is 1.99. The van der Waals surface area contributed by atoms with E-state index in [1.807, 2.05) is 4.90 Å². The maximum atomic E-state index is 13.2. The summed E-state index contributed by atoms with van der Waals surface area (Å²) >= 11 is 0. The summed E-state index contributed by atoms with van der Waals surface area (Å²) in [5.41, 5.74) is 1.08. The molecule has 2 heterocycles. The molecule has 1 aliphatic heterocycles. The van der Waals surface area contributed by atoms with E-state index in [1.165, 1.54) is 12.1 Å². The van der Waals surface area contributed by atoms with Crippen LogP contribution in [0.4, 0.5) is 10.1 Å². The lowest BCUT2D eigenvalue weighted by Crippen LogP contribution is -2.38. The summed E-state index contributed by atoms with van der Waals surface area (Å²) in [5, 5.41) is 0. The molecular formula is C13H12FN3O2. The maximum Gasteiger partial charge on any atom is 0.325 e. The van der Waals surface area contributed by atoms with Crippen molar-refractivity contribution in [3.63, 3.8) is 0 Å². The maximum absolute atomic E-state index is 13.2. The minimum atomic E-state index is -0.483. The monoisotopic (exact) mass is 261 g/mol. The minimum absolute atomic E-state index is 0.307. The van der Waals surface area contributed by atoms with Gasteiger partial charge in [0.2, 0.25) is 0 Å². The fraction of sp³-hybridized carbons (Fsp3) is 0.231. The molecule has 0 saturated heterocycles. The second-order valence-electron chi connectivity index (χ2n) is 4.52. The summed E-state index contributed by atoms with van der Waals surface area (Å²) in [6, 6.07) is 6.25. The van der Waals surface area contributed by atoms with Crippen LogP contribution >= 0.6 is 0 Å². The van der Waals surface area contributed by atoms with Crippen molar-refractivity contribution in [1.29, 1.82) is 0 Å². The first-order valence-electron chi connectivity index (χ1n) is 5.98. The number of hydrogen-bond donors (Lipinski definition) is 2. The summed E-state index contributed by atoms with van der Waals surface area (Å²) in [6.45, 7) is 1.00. The summed E-state index contributed by atoms with van der Waals surface area (Å²) < 4.78 is 13.2. The molecule has 0 aliphatic carbocycles. The van der Waals surface area contributed by atoms with E-state index in [0.717, 1.165) is 5.69 Å². The molecule has 98 valence electrons. The van der Waals surface area contributed by atoms with Gasteiger partial charge in [0.05, 0.1) is 12.1 Å². The highest BCUT2D eigenvalue weighted by atomic mass is 19.1. The first-order valence-corrected chi connectivity index (χ1v) is 5.98. The minimum Gasteiger partial charge on any atom is -0.366 e. The molecule has 19 heavy (non-hydrogen) atoms. The lowest BCUT2D eigenvalue weighted by Gasteiger charge is -2.29. The van der Waals surface area contributed by atoms with E-state index >= 15 is 0 Å². The van der Waals surface area contributed by atoms with Crippen LogP contribution in [0.25, 0.3) is 0 Å². The van der Waals surface area contributed by atoms with Gasteiger partial charge in [-0.15, -0.1) is 0 Å². The number of anilines is 1. The van der Waals surface area contributed by atoms with Gasteiger partial charge in [0.15, 0.2) is 0 Å². The number of aromatic nitrogens is 2. The summed E-state index contributed by atoms with van der Waals surface area (Å²) in [7, 11) is 0. The molecule has 0 unspecified atom stereocenters. The average Bonchev–Trinajstić information content (AvgIpc) is 2.38. The van der Waals surface area contributed by atoms with Crippen LogP contribution in [0.3, 0.4) is 0 Å². The lowest BCUT2D eigenvalue weighted by atomic mass is 10.1. The van der Waals surface area contributed by atoms with E-state index in [-0.39, 0.29) is 11.4 Å². The van der Waals surface area contributed by atoms with Gasteiger partial charge in [0.25, 0.3) is 5.56 Å². The quantitative estimate of drug-likeness (QED) is 0.796. The third-order valence-corrected chi connectivity index (χ3v) is 3.28. The van der Waals surface area contributed by atoms with Gasteiger partial charge in [-0.05, 0) is 18.2 Å². The largest absolute Gasteiger partial charge is 0.366 e. The van der Waals surface area contributed by atoms with E-state index < -0.39 is 5.69 Å². The highest BCUT2D eigenvalue weighted by molar-refractivity contribution is 5.48. The van der Waals surface area contributed by atoms with Gasteiger partial charge in [0.1, 0.15) is 5.82 Å². The van der Waals surface area contributed by atoms with Crippen molar-refractivity contribution in [2.75, 3.05) is 11.4 Å². The Labute approximate surface area is 107 Å². The molecule has 6 heteroatoms. The van der Waals surface area contributed by atoms with Gasteiger partial charge in [0, 0.05) is 24.3 Å². The molecule has 1 aromatic carbocycles. The van der Waals surface area contributed by atoms with Gasteiger partial charge in [-0.1, -0.05) is 6.07 Å². The smallest absolute Gasteiger partial charge is 0.325 e. The second-order valence-corrected chi connectivity index (χ2v) is 4.52. The number of rotatable bonds is 1. The number of fused-ring (bicyclic) bond motifs is 1. The fourth-order valence-corrected chi connectivity index (χ4v) is 2.35. The van der Waals surface area contributed by atoms with Gasteiger partial charge in [-0.3, -0.25) is 9.78 Å². The highest BCUT2D eigenvalue weighted by Crippen LogP contribution is 2.21. The van der Waals surface area contributed by atoms with E-state index in [4.69, 9.17) is 0 Å². The predicted octanol–water partition coefficient (Wildman–Crippen LogP) is 0.765. The molecule has 0 fully saturated rings. The van der Waals surface area contributed by atoms with Crippen molar-refractivity contribution in [1.82, 2.24) is 9.97 Å². The van der Waals surface area contributed by atoms with Gasteiger partial charge >= 0.3 is 5.69 Å². The van der Waals surface area contributed by atoms with E-state index in [1.54, 1.807) is 12.1 Å². The number of halogens is 1. The third-order valence-electron chi connectivity index (χ3n) is 3.28. The van der Waals surface area contributed by atoms with Gasteiger partial charge in [-0.2, -0.15) is 0 Å². The molecule has 0 atom stereocenters. The molecule has 1 aromatic heterocycles. The first kappa shape index (κ1) is 11.7. The van der Waals surface area contributed by atoms with Crippen LogP contribution in [0.1, 0.15) is 11.3 Å². The van der Waals surface area contributed by atoms with Crippen LogP contribution < -0.4 is 16.1 Å². The van der Waals surface area contributed by atoms with Crippen molar-refractivity contribution >= 4 is 5.69 Å². The molecule has 1 aliphatic rings. The van der Waals surface area contributed by atoms with Crippen LogP contribution in [-0.4, -0.2) is 16.5 Å². The van der Waals surface area contributed by atoms with Gasteiger partial charge in [-0.25, -0.2) is 9.18 Å². The molecule has 5 nitrogen and oxygen atoms in total. The standard InChI is InChI=1S/C13H12FN3O2/c14-8-2-1-3-9(6-8)17-5-4-11-10(7-17)12(18)16-13(19)15-11/h1-3,6H,4-5,7H2,(H2,15,16,18,19). The summed E-state index contributed by atoms with van der Waals surface area (Å²) in [5.74, 6) is -0.307. The number of benzene rings is 1. The number of nitrogens with zero attached hydrogens (tertiary/aromatic N) is 1. The van der Waals surface area contributed by atoms with Crippen LogP contribution in [-0.2, 0) is 13.0 Å². The zero-order chi connectivity index (χ0) is 13.4. The van der Waals surface area contributed by atoms with Crippen molar-refractivity contribution in [3.8, 4) is 0 Å². The Morgan fingerprint density at radius 2 is 2.05 bits per heavy atom. The summed E-state index contributed by atoms with van der Waals surface area (Å²) in [6.07, 6.45) is 0.561.